The maximum atomic E-state index is 11.5. The molecule has 2 N–H and O–H groups in total. The number of rotatable bonds is 5. The van der Waals surface area contributed by atoms with Crippen molar-refractivity contribution in [2.75, 3.05) is 6.61 Å². The van der Waals surface area contributed by atoms with Gasteiger partial charge in [0.1, 0.15) is 5.01 Å². The van der Waals surface area contributed by atoms with Crippen molar-refractivity contribution in [3.63, 3.8) is 0 Å². The van der Waals surface area contributed by atoms with Gasteiger partial charge in [0.15, 0.2) is 6.61 Å². The van der Waals surface area contributed by atoms with Crippen molar-refractivity contribution in [1.82, 2.24) is 4.98 Å². The van der Waals surface area contributed by atoms with E-state index >= 15 is 0 Å². The van der Waals surface area contributed by atoms with E-state index in [2.05, 4.69) is 9.72 Å². The smallest absolute Gasteiger partial charge is 0.312 e. The van der Waals surface area contributed by atoms with E-state index in [0.717, 1.165) is 0 Å². The summed E-state index contributed by atoms with van der Waals surface area (Å²) >= 11 is 13.5. The van der Waals surface area contributed by atoms with Crippen LogP contribution in [0.3, 0.4) is 0 Å². The highest BCUT2D eigenvalue weighted by atomic mass is 35.5. The number of ether oxygens (including phenoxy) is 1. The molecular weight excluding hydrogens is 335 g/mol. The Balaban J connectivity index is 2.12. The molecule has 21 heavy (non-hydrogen) atoms. The predicted molar refractivity (Wildman–Crippen MR) is 81.4 cm³/mol. The number of aromatic nitrogens is 1. The molecule has 0 unspecified atom stereocenters. The molecule has 1 aromatic carbocycles. The monoisotopic (exact) mass is 344 g/mol. The summed E-state index contributed by atoms with van der Waals surface area (Å²) in [7, 11) is 0. The molecule has 0 radical (unpaired) electrons. The summed E-state index contributed by atoms with van der Waals surface area (Å²) in [5.74, 6) is -1.28. The van der Waals surface area contributed by atoms with E-state index in [-0.39, 0.29) is 6.42 Å². The van der Waals surface area contributed by atoms with Gasteiger partial charge in [-0.2, -0.15) is 0 Å². The van der Waals surface area contributed by atoms with Crippen molar-refractivity contribution >= 4 is 46.4 Å². The Hall–Kier alpha value is -1.63. The van der Waals surface area contributed by atoms with E-state index in [1.165, 1.54) is 11.3 Å². The van der Waals surface area contributed by atoms with Crippen LogP contribution in [-0.2, 0) is 20.7 Å². The minimum Gasteiger partial charge on any atom is -0.455 e. The van der Waals surface area contributed by atoms with Crippen molar-refractivity contribution in [3.8, 4) is 10.6 Å². The standard InChI is InChI=1S/C13H10Cl2N2O3S/c14-8-2-1-3-9(15)12(8)13-17-7(6-21-13)4-11(19)20-5-10(16)18/h1-3,6H,4-5H2,(H2,16,18). The maximum Gasteiger partial charge on any atom is 0.312 e. The molecule has 0 saturated heterocycles. The van der Waals surface area contributed by atoms with Gasteiger partial charge in [-0.1, -0.05) is 29.3 Å². The third kappa shape index (κ3) is 4.17. The zero-order valence-electron chi connectivity index (χ0n) is 10.6. The Bertz CT molecular complexity index is 668. The van der Waals surface area contributed by atoms with Crippen LogP contribution in [0.4, 0.5) is 0 Å². The third-order valence-electron chi connectivity index (χ3n) is 2.43. The lowest BCUT2D eigenvalue weighted by Gasteiger charge is -2.02. The van der Waals surface area contributed by atoms with E-state index < -0.39 is 18.5 Å². The molecular formula is C13H10Cl2N2O3S. The van der Waals surface area contributed by atoms with Crippen LogP contribution in [0.2, 0.25) is 10.0 Å². The van der Waals surface area contributed by atoms with E-state index in [1.54, 1.807) is 23.6 Å². The van der Waals surface area contributed by atoms with E-state index in [0.29, 0.717) is 26.3 Å². The molecule has 1 aromatic heterocycles. The molecule has 1 heterocycles. The van der Waals surface area contributed by atoms with Gasteiger partial charge in [-0.15, -0.1) is 11.3 Å². The average molecular weight is 345 g/mol. The first-order valence-electron chi connectivity index (χ1n) is 5.80. The lowest BCUT2D eigenvalue weighted by atomic mass is 10.2. The van der Waals surface area contributed by atoms with Crippen molar-refractivity contribution in [1.29, 1.82) is 0 Å². The molecule has 0 aliphatic carbocycles. The number of halogens is 2. The Morgan fingerprint density at radius 2 is 1.95 bits per heavy atom. The van der Waals surface area contributed by atoms with Crippen LogP contribution in [0.5, 0.6) is 0 Å². The van der Waals surface area contributed by atoms with Crippen LogP contribution in [0.25, 0.3) is 10.6 Å². The number of carbonyl (C=O) groups excluding carboxylic acids is 2. The van der Waals surface area contributed by atoms with Gasteiger partial charge in [0.2, 0.25) is 0 Å². The highest BCUT2D eigenvalue weighted by Crippen LogP contribution is 2.36. The Morgan fingerprint density at radius 3 is 2.57 bits per heavy atom. The van der Waals surface area contributed by atoms with Crippen LogP contribution in [0, 0.1) is 0 Å². The summed E-state index contributed by atoms with van der Waals surface area (Å²) in [5.41, 5.74) is 6.03. The number of benzene rings is 1. The number of carbonyl (C=O) groups is 2. The van der Waals surface area contributed by atoms with Crippen molar-refractivity contribution < 1.29 is 14.3 Å². The first kappa shape index (κ1) is 15.8. The molecule has 0 atom stereocenters. The second kappa shape index (κ2) is 6.89. The quantitative estimate of drug-likeness (QED) is 0.845. The molecule has 110 valence electrons. The Morgan fingerprint density at radius 1 is 1.29 bits per heavy atom. The van der Waals surface area contributed by atoms with Crippen molar-refractivity contribution in [2.45, 2.75) is 6.42 Å². The molecule has 2 rings (SSSR count). The van der Waals surface area contributed by atoms with Gasteiger partial charge in [-0.25, -0.2) is 4.98 Å². The highest BCUT2D eigenvalue weighted by Gasteiger charge is 2.14. The van der Waals surface area contributed by atoms with Gasteiger partial charge in [-0.3, -0.25) is 9.59 Å². The summed E-state index contributed by atoms with van der Waals surface area (Å²) in [4.78, 5) is 26.3. The van der Waals surface area contributed by atoms with Gasteiger partial charge < -0.3 is 10.5 Å². The van der Waals surface area contributed by atoms with Crippen LogP contribution < -0.4 is 5.73 Å². The van der Waals surface area contributed by atoms with Gasteiger partial charge in [0.25, 0.3) is 5.91 Å². The van der Waals surface area contributed by atoms with Crippen LogP contribution in [0.15, 0.2) is 23.6 Å². The van der Waals surface area contributed by atoms with Gasteiger partial charge in [-0.05, 0) is 12.1 Å². The lowest BCUT2D eigenvalue weighted by Crippen LogP contribution is -2.21. The minimum absolute atomic E-state index is 0.0498. The topological polar surface area (TPSA) is 82.3 Å². The van der Waals surface area contributed by atoms with Crippen molar-refractivity contribution in [3.05, 3.63) is 39.3 Å². The predicted octanol–water partition coefficient (Wildman–Crippen LogP) is 2.69. The molecule has 0 aliphatic rings. The van der Waals surface area contributed by atoms with Gasteiger partial charge >= 0.3 is 5.97 Å². The number of primary amides is 1. The molecule has 8 heteroatoms. The average Bonchev–Trinajstić information content (AvgIpc) is 2.84. The third-order valence-corrected chi connectivity index (χ3v) is 3.97. The lowest BCUT2D eigenvalue weighted by molar-refractivity contribution is -0.147. The zero-order chi connectivity index (χ0) is 15.4. The fraction of sp³-hybridized carbons (Fsp3) is 0.154. The molecule has 5 nitrogen and oxygen atoms in total. The van der Waals surface area contributed by atoms with E-state index in [9.17, 15) is 9.59 Å². The molecule has 2 aromatic rings. The number of hydrogen-bond acceptors (Lipinski definition) is 5. The van der Waals surface area contributed by atoms with Gasteiger partial charge in [0, 0.05) is 10.9 Å². The molecule has 0 aliphatic heterocycles. The van der Waals surface area contributed by atoms with E-state index in [4.69, 9.17) is 28.9 Å². The molecule has 0 bridgehead atoms. The molecule has 0 saturated carbocycles. The number of amides is 1. The number of esters is 1. The summed E-state index contributed by atoms with van der Waals surface area (Å²) in [6.07, 6.45) is -0.0498. The SMILES string of the molecule is NC(=O)COC(=O)Cc1csc(-c2c(Cl)cccc2Cl)n1. The number of nitrogens with zero attached hydrogens (tertiary/aromatic N) is 1. The van der Waals surface area contributed by atoms with Crippen LogP contribution >= 0.6 is 34.5 Å². The number of thiazole rings is 1. The number of hydrogen-bond donors (Lipinski definition) is 1. The summed E-state index contributed by atoms with van der Waals surface area (Å²) in [5, 5.41) is 3.29. The normalized spacial score (nSPS) is 10.4. The second-order valence-electron chi connectivity index (χ2n) is 4.04. The summed E-state index contributed by atoms with van der Waals surface area (Å²) in [6.45, 7) is -0.438. The first-order chi connectivity index (χ1) is 9.97. The Labute approximate surface area is 134 Å². The summed E-state index contributed by atoms with van der Waals surface area (Å²) in [6, 6.07) is 5.17. The Kier molecular flexibility index (Phi) is 5.17. The van der Waals surface area contributed by atoms with Crippen LogP contribution in [-0.4, -0.2) is 23.5 Å². The second-order valence-corrected chi connectivity index (χ2v) is 5.72. The number of nitrogens with two attached hydrogens (primary N) is 1. The molecule has 0 spiro atoms. The minimum atomic E-state index is -0.704. The first-order valence-corrected chi connectivity index (χ1v) is 7.43. The zero-order valence-corrected chi connectivity index (χ0v) is 13.0. The maximum absolute atomic E-state index is 11.5. The van der Waals surface area contributed by atoms with E-state index in [1.807, 2.05) is 0 Å². The molecule has 0 fully saturated rings. The summed E-state index contributed by atoms with van der Waals surface area (Å²) < 4.78 is 4.67. The fourth-order valence-electron chi connectivity index (χ4n) is 1.56. The van der Waals surface area contributed by atoms with Crippen molar-refractivity contribution in [2.24, 2.45) is 5.73 Å². The van der Waals surface area contributed by atoms with Gasteiger partial charge in [0.05, 0.1) is 22.2 Å². The fourth-order valence-corrected chi connectivity index (χ4v) is 3.14. The molecule has 1 amide bonds. The highest BCUT2D eigenvalue weighted by molar-refractivity contribution is 7.13. The largest absolute Gasteiger partial charge is 0.455 e. The van der Waals surface area contributed by atoms with Crippen LogP contribution in [0.1, 0.15) is 5.69 Å².